The third kappa shape index (κ3) is 5.73. The van der Waals surface area contributed by atoms with Gasteiger partial charge in [-0.15, -0.1) is 0 Å². The third-order valence-electron chi connectivity index (χ3n) is 6.71. The number of nitrogens with zero attached hydrogens (tertiary/aromatic N) is 5. The zero-order chi connectivity index (χ0) is 31.0. The highest BCUT2D eigenvalue weighted by Crippen LogP contribution is 2.33. The average Bonchev–Trinajstić information content (AvgIpc) is 3.74. The second-order valence-corrected chi connectivity index (χ2v) is 9.91. The second-order valence-electron chi connectivity index (χ2n) is 9.91. The molecular formula is C31H22F4N8O. The van der Waals surface area contributed by atoms with E-state index in [1.165, 1.54) is 23.0 Å². The number of anilines is 3. The van der Waals surface area contributed by atoms with E-state index < -0.39 is 23.5 Å². The molecule has 2 aromatic carbocycles. The van der Waals surface area contributed by atoms with Crippen LogP contribution in [0.1, 0.15) is 38.4 Å². The van der Waals surface area contributed by atoms with Crippen LogP contribution in [-0.2, 0) is 6.18 Å². The predicted molar refractivity (Wildman–Crippen MR) is 155 cm³/mol. The van der Waals surface area contributed by atoms with E-state index in [0.717, 1.165) is 29.6 Å². The molecule has 6 aromatic rings. The van der Waals surface area contributed by atoms with Gasteiger partial charge < -0.3 is 15.2 Å². The Bertz CT molecular complexity index is 2080. The molecule has 0 radical (unpaired) electrons. The number of imidazole rings is 2. The molecule has 0 atom stereocenters. The number of rotatable bonds is 5. The van der Waals surface area contributed by atoms with E-state index in [2.05, 4.69) is 42.6 Å². The van der Waals surface area contributed by atoms with Gasteiger partial charge in [0.2, 0.25) is 0 Å². The highest BCUT2D eigenvalue weighted by atomic mass is 19.4. The van der Waals surface area contributed by atoms with Crippen molar-refractivity contribution in [1.82, 2.24) is 29.1 Å². The number of amides is 1. The Balaban J connectivity index is 1.30. The van der Waals surface area contributed by atoms with Gasteiger partial charge in [-0.2, -0.15) is 18.3 Å². The molecule has 4 aromatic heterocycles. The molecule has 0 fully saturated rings. The summed E-state index contributed by atoms with van der Waals surface area (Å²) in [6.45, 7) is 3.34. The van der Waals surface area contributed by atoms with Crippen LogP contribution in [0.4, 0.5) is 34.6 Å². The molecule has 220 valence electrons. The fraction of sp³-hybridized carbons (Fsp3) is 0.0968. The van der Waals surface area contributed by atoms with E-state index in [1.807, 2.05) is 12.1 Å². The lowest BCUT2D eigenvalue weighted by Gasteiger charge is -2.14. The predicted octanol–water partition coefficient (Wildman–Crippen LogP) is 6.41. The van der Waals surface area contributed by atoms with Crippen molar-refractivity contribution in [1.29, 1.82) is 0 Å². The van der Waals surface area contributed by atoms with Gasteiger partial charge in [0.25, 0.3) is 5.91 Å². The molecule has 6 rings (SSSR count). The fourth-order valence-corrected chi connectivity index (χ4v) is 4.55. The number of nitrogens with one attached hydrogen (secondary N) is 3. The Labute approximate surface area is 247 Å². The van der Waals surface area contributed by atoms with Gasteiger partial charge in [-0.1, -0.05) is 5.92 Å². The molecule has 44 heavy (non-hydrogen) atoms. The van der Waals surface area contributed by atoms with Gasteiger partial charge in [0.15, 0.2) is 5.65 Å². The number of halogens is 4. The molecule has 0 saturated carbocycles. The number of carbonyl (C=O) groups excluding carboxylic acids is 1. The maximum atomic E-state index is 15.0. The second kappa shape index (κ2) is 11.1. The van der Waals surface area contributed by atoms with Crippen LogP contribution in [-0.4, -0.2) is 35.0 Å². The summed E-state index contributed by atoms with van der Waals surface area (Å²) in [6.07, 6.45) is 4.93. The molecule has 3 N–H and O–H groups in total. The lowest BCUT2D eigenvalue weighted by molar-refractivity contribution is -0.137. The summed E-state index contributed by atoms with van der Waals surface area (Å²) < 4.78 is 59.2. The molecule has 0 aliphatic heterocycles. The molecule has 1 amide bonds. The number of fused-ring (bicyclic) bond motifs is 1. The van der Waals surface area contributed by atoms with Crippen molar-refractivity contribution in [3.8, 4) is 17.5 Å². The number of pyridine rings is 1. The number of H-pyrrole nitrogens is 1. The van der Waals surface area contributed by atoms with Crippen LogP contribution in [0.3, 0.4) is 0 Å². The SMILES string of the molecule is Cc1cn(-c2cc(NC(=O)c3cc(C#Cc4cnc5c(Nc6cn[nH]c6)cccn45)c(C)cc3F)cc(C(F)(F)F)c2)cn1. The fourth-order valence-electron chi connectivity index (χ4n) is 4.55. The minimum Gasteiger partial charge on any atom is -0.350 e. The average molecular weight is 599 g/mol. The Morgan fingerprint density at radius 3 is 2.59 bits per heavy atom. The minimum atomic E-state index is -4.68. The van der Waals surface area contributed by atoms with Gasteiger partial charge >= 0.3 is 6.18 Å². The van der Waals surface area contributed by atoms with Crippen LogP contribution in [0.15, 0.2) is 79.8 Å². The molecule has 0 aliphatic carbocycles. The summed E-state index contributed by atoms with van der Waals surface area (Å²) in [4.78, 5) is 21.7. The maximum absolute atomic E-state index is 15.0. The molecule has 9 nitrogen and oxygen atoms in total. The van der Waals surface area contributed by atoms with Gasteiger partial charge in [-0.25, -0.2) is 14.4 Å². The number of alkyl halides is 3. The van der Waals surface area contributed by atoms with Crippen LogP contribution in [0.25, 0.3) is 11.3 Å². The van der Waals surface area contributed by atoms with Crippen molar-refractivity contribution in [2.75, 3.05) is 10.6 Å². The molecule has 0 unspecified atom stereocenters. The first-order valence-electron chi connectivity index (χ1n) is 13.1. The number of aryl methyl sites for hydroxylation is 2. The quantitative estimate of drug-likeness (QED) is 0.157. The van der Waals surface area contributed by atoms with E-state index in [9.17, 15) is 22.4 Å². The van der Waals surface area contributed by atoms with E-state index in [4.69, 9.17) is 0 Å². The summed E-state index contributed by atoms with van der Waals surface area (Å²) in [5.41, 5.74) is 2.66. The summed E-state index contributed by atoms with van der Waals surface area (Å²) >= 11 is 0. The van der Waals surface area contributed by atoms with Crippen LogP contribution < -0.4 is 10.6 Å². The summed E-state index contributed by atoms with van der Waals surface area (Å²) in [6, 6.07) is 9.18. The van der Waals surface area contributed by atoms with Crippen molar-refractivity contribution < 1.29 is 22.4 Å². The molecule has 0 saturated heterocycles. The van der Waals surface area contributed by atoms with Crippen molar-refractivity contribution in [2.45, 2.75) is 20.0 Å². The Hall–Kier alpha value is -5.90. The van der Waals surface area contributed by atoms with Crippen LogP contribution in [0, 0.1) is 31.5 Å². The Kier molecular flexibility index (Phi) is 7.10. The lowest BCUT2D eigenvalue weighted by Crippen LogP contribution is -2.16. The first kappa shape index (κ1) is 28.2. The highest BCUT2D eigenvalue weighted by molar-refractivity contribution is 6.05. The van der Waals surface area contributed by atoms with E-state index >= 15 is 0 Å². The zero-order valence-corrected chi connectivity index (χ0v) is 23.2. The normalized spacial score (nSPS) is 11.3. The maximum Gasteiger partial charge on any atom is 0.416 e. The van der Waals surface area contributed by atoms with Crippen molar-refractivity contribution in [2.24, 2.45) is 0 Å². The van der Waals surface area contributed by atoms with Crippen molar-refractivity contribution in [3.05, 3.63) is 119 Å². The largest absolute Gasteiger partial charge is 0.416 e. The number of carbonyl (C=O) groups is 1. The highest BCUT2D eigenvalue weighted by Gasteiger charge is 2.31. The molecule has 4 heterocycles. The van der Waals surface area contributed by atoms with Crippen LogP contribution in [0.5, 0.6) is 0 Å². The lowest BCUT2D eigenvalue weighted by atomic mass is 10.0. The first-order valence-corrected chi connectivity index (χ1v) is 13.1. The number of aromatic amines is 1. The minimum absolute atomic E-state index is 0.128. The van der Waals surface area contributed by atoms with Gasteiger partial charge in [0.05, 0.1) is 46.9 Å². The van der Waals surface area contributed by atoms with Gasteiger partial charge in [0.1, 0.15) is 11.5 Å². The molecular weight excluding hydrogens is 576 g/mol. The van der Waals surface area contributed by atoms with Gasteiger partial charge in [0, 0.05) is 35.5 Å². The molecule has 0 aliphatic rings. The zero-order valence-electron chi connectivity index (χ0n) is 23.2. The van der Waals surface area contributed by atoms with Crippen molar-refractivity contribution >= 4 is 28.6 Å². The molecule has 13 heteroatoms. The monoisotopic (exact) mass is 598 g/mol. The smallest absolute Gasteiger partial charge is 0.350 e. The molecule has 0 spiro atoms. The first-order chi connectivity index (χ1) is 21.0. The van der Waals surface area contributed by atoms with Gasteiger partial charge in [-0.3, -0.25) is 14.3 Å². The van der Waals surface area contributed by atoms with E-state index in [0.29, 0.717) is 28.2 Å². The number of hydrogen-bond acceptors (Lipinski definition) is 5. The number of aromatic nitrogens is 6. The Morgan fingerprint density at radius 2 is 1.86 bits per heavy atom. The van der Waals surface area contributed by atoms with Gasteiger partial charge in [-0.05, 0) is 67.8 Å². The van der Waals surface area contributed by atoms with E-state index in [-0.39, 0.29) is 16.9 Å². The number of hydrogen-bond donors (Lipinski definition) is 3. The van der Waals surface area contributed by atoms with E-state index in [1.54, 1.807) is 49.2 Å². The Morgan fingerprint density at radius 1 is 1.02 bits per heavy atom. The topological polar surface area (TPSA) is 105 Å². The number of benzene rings is 2. The van der Waals surface area contributed by atoms with Crippen LogP contribution >= 0.6 is 0 Å². The summed E-state index contributed by atoms with van der Waals surface area (Å²) in [5, 5.41) is 12.3. The third-order valence-corrected chi connectivity index (χ3v) is 6.71. The summed E-state index contributed by atoms with van der Waals surface area (Å²) in [5.74, 6) is 4.21. The standard InChI is InChI=1S/C31H22F4N8O/c1-18-8-27(32)26(30(44)41-22-10-21(31(33,34)35)11-25(12-22)42-16-19(2)37-17-42)9-20(18)5-6-24-15-36-29-28(4-3-7-43(24)29)40-23-13-38-39-14-23/h3-4,7-17,40H,1-2H3,(H,38,39)(H,41,44). The van der Waals surface area contributed by atoms with Crippen molar-refractivity contribution in [3.63, 3.8) is 0 Å². The molecule has 0 bridgehead atoms. The summed E-state index contributed by atoms with van der Waals surface area (Å²) in [7, 11) is 0. The van der Waals surface area contributed by atoms with Crippen LogP contribution in [0.2, 0.25) is 0 Å².